The van der Waals surface area contributed by atoms with Crippen LogP contribution in [0.2, 0.25) is 5.02 Å². The Kier molecular flexibility index (Phi) is 8.41. The number of hydrogen-bond donors (Lipinski definition) is 3. The Bertz CT molecular complexity index is 982. The molecule has 0 saturated heterocycles. The molecule has 0 aromatic heterocycles. The summed E-state index contributed by atoms with van der Waals surface area (Å²) in [5, 5.41) is 19.6. The average molecular weight is 458 g/mol. The van der Waals surface area contributed by atoms with Gasteiger partial charge in [0.15, 0.2) is 0 Å². The van der Waals surface area contributed by atoms with Gasteiger partial charge in [-0.2, -0.15) is 0 Å². The highest BCUT2D eigenvalue weighted by atomic mass is 35.5. The molecule has 0 amide bonds. The molecule has 4 nitrogen and oxygen atoms in total. The minimum Gasteiger partial charge on any atom is -0.489 e. The first-order valence-electron chi connectivity index (χ1n) is 10.2. The van der Waals surface area contributed by atoms with Crippen LogP contribution in [-0.4, -0.2) is 22.9 Å². The van der Waals surface area contributed by atoms with Crippen LogP contribution < -0.4 is 10.5 Å². The number of rotatable bonds is 10. The Morgan fingerprint density at radius 2 is 1.77 bits per heavy atom. The molecule has 0 fully saturated rings. The monoisotopic (exact) mass is 457 g/mol. The molecule has 1 unspecified atom stereocenters. The minimum atomic E-state index is -0.792. The first-order valence-corrected chi connectivity index (χ1v) is 11.4. The Morgan fingerprint density at radius 3 is 2.48 bits per heavy atom. The molecule has 3 rings (SSSR count). The fourth-order valence-electron chi connectivity index (χ4n) is 3.38. The van der Waals surface area contributed by atoms with E-state index in [1.165, 1.54) is 0 Å². The number of nitrogens with two attached hydrogens (primary N) is 1. The molecule has 2 atom stereocenters. The number of hydrogen-bond acceptors (Lipinski definition) is 5. The second kappa shape index (κ2) is 11.0. The molecular weight excluding hydrogens is 430 g/mol. The van der Waals surface area contributed by atoms with E-state index in [0.717, 1.165) is 26.7 Å². The van der Waals surface area contributed by atoms with E-state index in [-0.39, 0.29) is 6.61 Å². The van der Waals surface area contributed by atoms with E-state index in [4.69, 9.17) is 27.2 Å². The van der Waals surface area contributed by atoms with Crippen molar-refractivity contribution in [2.24, 2.45) is 5.73 Å². The number of halogens is 1. The van der Waals surface area contributed by atoms with Crippen LogP contribution in [0, 0.1) is 0 Å². The van der Waals surface area contributed by atoms with Gasteiger partial charge in [0.2, 0.25) is 0 Å². The zero-order valence-electron chi connectivity index (χ0n) is 17.5. The van der Waals surface area contributed by atoms with Crippen LogP contribution >= 0.6 is 23.4 Å². The molecule has 0 aliphatic carbocycles. The summed E-state index contributed by atoms with van der Waals surface area (Å²) in [6.07, 6.45) is -0.0644. The summed E-state index contributed by atoms with van der Waals surface area (Å²) >= 11 is 8.13. The molecule has 164 valence electrons. The number of aliphatic hydroxyl groups is 2. The van der Waals surface area contributed by atoms with Gasteiger partial charge in [0.05, 0.1) is 6.10 Å². The maximum Gasteiger partial charge on any atom is 0.120 e. The molecule has 31 heavy (non-hydrogen) atoms. The largest absolute Gasteiger partial charge is 0.489 e. The van der Waals surface area contributed by atoms with Crippen LogP contribution in [0.25, 0.3) is 0 Å². The van der Waals surface area contributed by atoms with E-state index < -0.39 is 11.6 Å². The van der Waals surface area contributed by atoms with Crippen molar-refractivity contribution in [2.45, 2.75) is 47.8 Å². The molecule has 0 saturated carbocycles. The van der Waals surface area contributed by atoms with Crippen LogP contribution in [0.5, 0.6) is 5.75 Å². The number of benzene rings is 3. The van der Waals surface area contributed by atoms with Gasteiger partial charge in [-0.3, -0.25) is 0 Å². The van der Waals surface area contributed by atoms with Gasteiger partial charge in [0.25, 0.3) is 0 Å². The topological polar surface area (TPSA) is 75.7 Å². The minimum absolute atomic E-state index is 0.0747. The third kappa shape index (κ3) is 6.99. The maximum atomic E-state index is 10.0. The van der Waals surface area contributed by atoms with Gasteiger partial charge in [0.1, 0.15) is 12.4 Å². The summed E-state index contributed by atoms with van der Waals surface area (Å²) in [5.74, 6) is 0.809. The summed E-state index contributed by atoms with van der Waals surface area (Å²) in [6, 6.07) is 23.8. The molecule has 0 aliphatic heterocycles. The van der Waals surface area contributed by atoms with Crippen molar-refractivity contribution in [1.29, 1.82) is 0 Å². The van der Waals surface area contributed by atoms with Gasteiger partial charge in [0, 0.05) is 27.0 Å². The standard InChI is InChI=1S/C25H28ClNO3S/c1-25(27,16-19(29)12-13-28)23-11-10-22(15-24(23)26)31-21-9-5-8-20(14-21)30-17-18-6-3-2-4-7-18/h2-11,14-15,19,28-29H,12-13,16-17,27H2,1H3/t19?,25-/m1/s1. The predicted molar refractivity (Wildman–Crippen MR) is 127 cm³/mol. The van der Waals surface area contributed by atoms with Crippen molar-refractivity contribution in [2.75, 3.05) is 6.61 Å². The maximum absolute atomic E-state index is 10.0. The first-order chi connectivity index (χ1) is 14.9. The normalized spacial score (nSPS) is 14.1. The van der Waals surface area contributed by atoms with Gasteiger partial charge in [-0.15, -0.1) is 0 Å². The lowest BCUT2D eigenvalue weighted by Crippen LogP contribution is -2.37. The average Bonchev–Trinajstić information content (AvgIpc) is 2.73. The van der Waals surface area contributed by atoms with Crippen LogP contribution in [0.4, 0.5) is 0 Å². The first kappa shape index (κ1) is 23.6. The van der Waals surface area contributed by atoms with E-state index >= 15 is 0 Å². The Balaban J connectivity index is 1.67. The Morgan fingerprint density at radius 1 is 1.03 bits per heavy atom. The highest BCUT2D eigenvalue weighted by Crippen LogP contribution is 2.36. The molecule has 0 radical (unpaired) electrons. The van der Waals surface area contributed by atoms with Crippen molar-refractivity contribution in [1.82, 2.24) is 0 Å². The van der Waals surface area contributed by atoms with Gasteiger partial charge < -0.3 is 20.7 Å². The van der Waals surface area contributed by atoms with E-state index in [2.05, 4.69) is 0 Å². The highest BCUT2D eigenvalue weighted by Gasteiger charge is 2.27. The smallest absolute Gasteiger partial charge is 0.120 e. The zero-order valence-corrected chi connectivity index (χ0v) is 19.1. The zero-order chi connectivity index (χ0) is 22.3. The summed E-state index contributed by atoms with van der Waals surface area (Å²) in [5.41, 5.74) is 7.53. The summed E-state index contributed by atoms with van der Waals surface area (Å²) in [7, 11) is 0. The van der Waals surface area contributed by atoms with E-state index in [9.17, 15) is 5.11 Å². The molecule has 6 heteroatoms. The lowest BCUT2D eigenvalue weighted by atomic mass is 9.86. The highest BCUT2D eigenvalue weighted by molar-refractivity contribution is 7.99. The summed E-state index contributed by atoms with van der Waals surface area (Å²) < 4.78 is 5.92. The van der Waals surface area contributed by atoms with Crippen molar-refractivity contribution in [3.63, 3.8) is 0 Å². The van der Waals surface area contributed by atoms with Gasteiger partial charge in [-0.25, -0.2) is 0 Å². The predicted octanol–water partition coefficient (Wildman–Crippen LogP) is 5.38. The van der Waals surface area contributed by atoms with Crippen molar-refractivity contribution < 1.29 is 14.9 Å². The third-order valence-corrected chi connectivity index (χ3v) is 6.26. The van der Waals surface area contributed by atoms with Crippen molar-refractivity contribution in [3.05, 3.63) is 88.9 Å². The molecule has 3 aromatic carbocycles. The molecule has 3 aromatic rings. The fraction of sp³-hybridized carbons (Fsp3) is 0.280. The van der Waals surface area contributed by atoms with E-state index in [0.29, 0.717) is 24.5 Å². The van der Waals surface area contributed by atoms with E-state index in [1.54, 1.807) is 11.8 Å². The molecule has 0 aliphatic rings. The fourth-order valence-corrected chi connectivity index (χ4v) is 4.75. The molecule has 0 spiro atoms. The molecule has 0 heterocycles. The van der Waals surface area contributed by atoms with Gasteiger partial charge in [-0.05, 0) is 61.2 Å². The molecular formula is C25H28ClNO3S. The Labute approximate surface area is 193 Å². The second-order valence-electron chi connectivity index (χ2n) is 7.78. The summed E-state index contributed by atoms with van der Waals surface area (Å²) in [4.78, 5) is 2.03. The van der Waals surface area contributed by atoms with Crippen LogP contribution in [0.3, 0.4) is 0 Å². The van der Waals surface area contributed by atoms with Crippen LogP contribution in [0.1, 0.15) is 30.9 Å². The quantitative estimate of drug-likeness (QED) is 0.381. The van der Waals surface area contributed by atoms with Gasteiger partial charge in [-0.1, -0.05) is 65.8 Å². The lowest BCUT2D eigenvalue weighted by Gasteiger charge is -2.29. The van der Waals surface area contributed by atoms with Crippen LogP contribution in [-0.2, 0) is 12.1 Å². The molecule has 4 N–H and O–H groups in total. The van der Waals surface area contributed by atoms with Crippen molar-refractivity contribution in [3.8, 4) is 5.75 Å². The number of ether oxygens (including phenoxy) is 1. The third-order valence-electron chi connectivity index (χ3n) is 4.97. The summed E-state index contributed by atoms with van der Waals surface area (Å²) in [6.45, 7) is 2.29. The SMILES string of the molecule is C[C@@](N)(CC(O)CCO)c1ccc(Sc2cccc(OCc3ccccc3)c2)cc1Cl. The second-order valence-corrected chi connectivity index (χ2v) is 9.33. The number of aliphatic hydroxyl groups excluding tert-OH is 2. The Hall–Kier alpha value is -2.02. The van der Waals surface area contributed by atoms with E-state index in [1.807, 2.05) is 79.7 Å². The molecule has 0 bridgehead atoms. The van der Waals surface area contributed by atoms with Crippen LogP contribution in [0.15, 0.2) is 82.6 Å². The van der Waals surface area contributed by atoms with Gasteiger partial charge >= 0.3 is 0 Å². The lowest BCUT2D eigenvalue weighted by molar-refractivity contribution is 0.103. The van der Waals surface area contributed by atoms with Crippen molar-refractivity contribution >= 4 is 23.4 Å².